The molecule has 0 spiro atoms. The highest BCUT2D eigenvalue weighted by Gasteiger charge is 2.17. The van der Waals surface area contributed by atoms with Crippen molar-refractivity contribution in [3.8, 4) is 11.5 Å². The molecule has 0 aliphatic rings. The van der Waals surface area contributed by atoms with E-state index in [1.807, 2.05) is 61.1 Å². The fourth-order valence-corrected chi connectivity index (χ4v) is 3.73. The zero-order valence-electron chi connectivity index (χ0n) is 17.3. The number of hydrogen-bond donors (Lipinski definition) is 2. The van der Waals surface area contributed by atoms with E-state index in [9.17, 15) is 0 Å². The van der Waals surface area contributed by atoms with Gasteiger partial charge in [-0.25, -0.2) is 9.97 Å². The van der Waals surface area contributed by atoms with Gasteiger partial charge in [-0.2, -0.15) is 0 Å². The third kappa shape index (κ3) is 3.88. The highest BCUT2D eigenvalue weighted by molar-refractivity contribution is 7.80. The Morgan fingerprint density at radius 3 is 2.70 bits per heavy atom. The number of thiol groups is 1. The molecular weight excluding hydrogens is 398 g/mol. The fraction of sp³-hybridized carbons (Fsp3) is 0.273. The molecule has 0 saturated carbocycles. The minimum absolute atomic E-state index is 0.398. The molecule has 2 aromatic carbocycles. The van der Waals surface area contributed by atoms with Gasteiger partial charge in [0.05, 0.1) is 24.7 Å². The number of anilines is 1. The quantitative estimate of drug-likeness (QED) is 0.443. The molecule has 0 fully saturated rings. The van der Waals surface area contributed by atoms with E-state index in [1.54, 1.807) is 7.11 Å². The number of para-hydroxylation sites is 1. The second-order valence-electron chi connectivity index (χ2n) is 7.33. The van der Waals surface area contributed by atoms with E-state index in [1.165, 1.54) is 0 Å². The van der Waals surface area contributed by atoms with Crippen LogP contribution in [-0.2, 0) is 6.54 Å². The van der Waals surface area contributed by atoms with E-state index in [-0.39, 0.29) is 0 Å². The molecule has 0 aliphatic heterocycles. The molecule has 4 rings (SSSR count). The van der Waals surface area contributed by atoms with Crippen LogP contribution in [-0.4, -0.2) is 53.8 Å². The van der Waals surface area contributed by atoms with Crippen LogP contribution < -0.4 is 15.2 Å². The highest BCUT2D eigenvalue weighted by atomic mass is 32.1. The molecule has 2 heterocycles. The Balaban J connectivity index is 1.73. The minimum atomic E-state index is 0.398. The molecule has 4 aromatic rings. The first kappa shape index (κ1) is 20.3. The molecule has 30 heavy (non-hydrogen) atoms. The molecule has 2 N–H and O–H groups in total. The van der Waals surface area contributed by atoms with Crippen LogP contribution in [0.25, 0.3) is 21.9 Å². The van der Waals surface area contributed by atoms with E-state index in [4.69, 9.17) is 15.2 Å². The van der Waals surface area contributed by atoms with Crippen LogP contribution in [0.1, 0.15) is 5.56 Å². The van der Waals surface area contributed by atoms with Crippen molar-refractivity contribution in [2.24, 2.45) is 0 Å². The molecule has 0 amide bonds. The van der Waals surface area contributed by atoms with Gasteiger partial charge in [-0.05, 0) is 32.3 Å². The second-order valence-corrected chi connectivity index (χ2v) is 7.73. The maximum Gasteiger partial charge on any atom is 0.166 e. The Labute approximate surface area is 180 Å². The van der Waals surface area contributed by atoms with Gasteiger partial charge >= 0.3 is 0 Å². The van der Waals surface area contributed by atoms with Gasteiger partial charge in [-0.3, -0.25) is 0 Å². The number of pyridine rings is 1. The van der Waals surface area contributed by atoms with Crippen molar-refractivity contribution in [3.05, 3.63) is 48.0 Å². The van der Waals surface area contributed by atoms with Crippen molar-refractivity contribution in [2.45, 2.75) is 11.7 Å². The summed E-state index contributed by atoms with van der Waals surface area (Å²) in [5.74, 6) is 1.92. The summed E-state index contributed by atoms with van der Waals surface area (Å²) in [6.07, 6.45) is 0. The first-order valence-electron chi connectivity index (χ1n) is 9.65. The molecule has 7 nitrogen and oxygen atoms in total. The molecule has 0 saturated heterocycles. The van der Waals surface area contributed by atoms with Gasteiger partial charge < -0.3 is 24.7 Å². The van der Waals surface area contributed by atoms with Gasteiger partial charge in [-0.1, -0.05) is 18.2 Å². The maximum absolute atomic E-state index is 6.18. The first-order valence-corrected chi connectivity index (χ1v) is 10.1. The lowest BCUT2D eigenvalue weighted by molar-refractivity contribution is 0.260. The fourth-order valence-electron chi connectivity index (χ4n) is 3.46. The summed E-state index contributed by atoms with van der Waals surface area (Å²) >= 11 is 4.61. The zero-order chi connectivity index (χ0) is 21.3. The van der Waals surface area contributed by atoms with Crippen molar-refractivity contribution in [2.75, 3.05) is 40.1 Å². The number of aromatic nitrogens is 3. The zero-order valence-corrected chi connectivity index (χ0v) is 18.2. The van der Waals surface area contributed by atoms with Crippen molar-refractivity contribution >= 4 is 40.4 Å². The molecule has 2 aromatic heterocycles. The van der Waals surface area contributed by atoms with Gasteiger partial charge in [0.2, 0.25) is 0 Å². The number of nitrogens with zero attached hydrogens (tertiary/aromatic N) is 4. The standard InChI is InChI=1S/C22H25N5O2S/c1-26(2)10-11-29-15-9-8-14(18(12-15)28-3)13-27-20-16-6-4-5-7-17(16)24-21(23)19(20)25-22(27)30/h4-9,12H,10-11,13H2,1-3H3,(H2,23,24)(H,25,30). The Hall–Kier alpha value is -2.97. The summed E-state index contributed by atoms with van der Waals surface area (Å²) in [5, 5.41) is 1.56. The number of fused-ring (bicyclic) bond motifs is 3. The van der Waals surface area contributed by atoms with Crippen LogP contribution in [0.15, 0.2) is 47.6 Å². The van der Waals surface area contributed by atoms with E-state index < -0.39 is 0 Å². The lowest BCUT2D eigenvalue weighted by atomic mass is 10.1. The Morgan fingerprint density at radius 2 is 1.93 bits per heavy atom. The summed E-state index contributed by atoms with van der Waals surface area (Å²) in [6.45, 7) is 1.99. The number of imidazole rings is 1. The number of benzene rings is 2. The normalized spacial score (nSPS) is 11.5. The molecule has 156 valence electrons. The molecular formula is C22H25N5O2S. The van der Waals surface area contributed by atoms with Gasteiger partial charge in [0.1, 0.15) is 23.6 Å². The van der Waals surface area contributed by atoms with Crippen LogP contribution in [0, 0.1) is 0 Å². The van der Waals surface area contributed by atoms with E-state index in [0.29, 0.717) is 29.6 Å². The predicted molar refractivity (Wildman–Crippen MR) is 123 cm³/mol. The van der Waals surface area contributed by atoms with Gasteiger partial charge in [-0.15, -0.1) is 12.6 Å². The third-order valence-corrected chi connectivity index (χ3v) is 5.33. The Kier molecular flexibility index (Phi) is 5.69. The number of nitrogens with two attached hydrogens (primary N) is 1. The van der Waals surface area contributed by atoms with Crippen LogP contribution in [0.4, 0.5) is 5.82 Å². The van der Waals surface area contributed by atoms with E-state index in [0.717, 1.165) is 40.0 Å². The lowest BCUT2D eigenvalue weighted by Crippen LogP contribution is -2.19. The number of hydrogen-bond acceptors (Lipinski definition) is 7. The SMILES string of the molecule is COc1cc(OCCN(C)C)ccc1Cn1c(S)nc2c(N)nc3ccccc3c21. The average Bonchev–Trinajstić information content (AvgIpc) is 3.06. The molecule has 0 atom stereocenters. The molecule has 0 unspecified atom stereocenters. The first-order chi connectivity index (χ1) is 14.5. The monoisotopic (exact) mass is 423 g/mol. The number of methoxy groups -OCH3 is 1. The molecule has 0 radical (unpaired) electrons. The minimum Gasteiger partial charge on any atom is -0.496 e. The number of rotatable bonds is 7. The van der Waals surface area contributed by atoms with Crippen molar-refractivity contribution in [1.82, 2.24) is 19.4 Å². The van der Waals surface area contributed by atoms with Gasteiger partial charge in [0.25, 0.3) is 0 Å². The summed E-state index contributed by atoms with van der Waals surface area (Å²) in [6, 6.07) is 13.8. The largest absolute Gasteiger partial charge is 0.496 e. The van der Waals surface area contributed by atoms with Gasteiger partial charge in [0.15, 0.2) is 11.0 Å². The lowest BCUT2D eigenvalue weighted by Gasteiger charge is -2.15. The Morgan fingerprint density at radius 1 is 1.13 bits per heavy atom. The van der Waals surface area contributed by atoms with E-state index in [2.05, 4.69) is 27.5 Å². The average molecular weight is 424 g/mol. The van der Waals surface area contributed by atoms with Crippen molar-refractivity contribution < 1.29 is 9.47 Å². The number of likely N-dealkylation sites (N-methyl/N-ethyl adjacent to an activating group) is 1. The summed E-state index contributed by atoms with van der Waals surface area (Å²) in [5.41, 5.74) is 9.56. The molecule has 0 bridgehead atoms. The van der Waals surface area contributed by atoms with Crippen LogP contribution in [0.2, 0.25) is 0 Å². The predicted octanol–water partition coefficient (Wildman–Crippen LogP) is 3.45. The summed E-state index contributed by atoms with van der Waals surface area (Å²) in [7, 11) is 5.69. The second kappa shape index (κ2) is 8.41. The highest BCUT2D eigenvalue weighted by Crippen LogP contribution is 2.32. The third-order valence-electron chi connectivity index (χ3n) is 4.98. The summed E-state index contributed by atoms with van der Waals surface area (Å²) < 4.78 is 13.5. The summed E-state index contributed by atoms with van der Waals surface area (Å²) in [4.78, 5) is 11.1. The number of ether oxygens (including phenoxy) is 2. The van der Waals surface area contributed by atoms with E-state index >= 15 is 0 Å². The van der Waals surface area contributed by atoms with Crippen molar-refractivity contribution in [3.63, 3.8) is 0 Å². The van der Waals surface area contributed by atoms with Gasteiger partial charge in [0, 0.05) is 23.6 Å². The number of nitrogen functional groups attached to an aromatic ring is 1. The molecule has 8 heteroatoms. The molecule has 0 aliphatic carbocycles. The maximum atomic E-state index is 6.18. The Bertz CT molecular complexity index is 1210. The van der Waals surface area contributed by atoms with Crippen LogP contribution in [0.3, 0.4) is 0 Å². The van der Waals surface area contributed by atoms with Crippen LogP contribution >= 0.6 is 12.6 Å². The topological polar surface area (TPSA) is 78.4 Å². The van der Waals surface area contributed by atoms with Crippen molar-refractivity contribution in [1.29, 1.82) is 0 Å². The smallest absolute Gasteiger partial charge is 0.166 e. The van der Waals surface area contributed by atoms with Crippen LogP contribution in [0.5, 0.6) is 11.5 Å².